The van der Waals surface area contributed by atoms with E-state index in [1.807, 2.05) is 0 Å². The van der Waals surface area contributed by atoms with Gasteiger partial charge in [-0.3, -0.25) is 4.90 Å². The molecule has 0 N–H and O–H groups in total. The number of nitrogens with zero attached hydrogens (tertiary/aromatic N) is 1. The molecule has 2 aromatic carbocycles. The Morgan fingerprint density at radius 3 is 1.24 bits per heavy atom. The highest BCUT2D eigenvalue weighted by atomic mass is 15.1. The summed E-state index contributed by atoms with van der Waals surface area (Å²) in [5, 5.41) is 0. The van der Waals surface area contributed by atoms with Crippen LogP contribution in [-0.2, 0) is 13.1 Å². The molecule has 1 heteroatoms. The third-order valence-electron chi connectivity index (χ3n) is 6.75. The summed E-state index contributed by atoms with van der Waals surface area (Å²) in [4.78, 5) is 2.62. The quantitative estimate of drug-likeness (QED) is 0.182. The van der Waals surface area contributed by atoms with Crippen molar-refractivity contribution < 1.29 is 0 Å². The van der Waals surface area contributed by atoms with Crippen LogP contribution in [0, 0.1) is 5.92 Å². The van der Waals surface area contributed by atoms with E-state index in [1.165, 1.54) is 108 Å². The van der Waals surface area contributed by atoms with Crippen LogP contribution in [0.3, 0.4) is 0 Å². The van der Waals surface area contributed by atoms with Crippen LogP contribution in [0.4, 0.5) is 0 Å². The van der Waals surface area contributed by atoms with Crippen molar-refractivity contribution in [3.63, 3.8) is 0 Å². The Bertz CT molecular complexity index is 622. The summed E-state index contributed by atoms with van der Waals surface area (Å²) in [5.41, 5.74) is 2.84. The van der Waals surface area contributed by atoms with Crippen molar-refractivity contribution in [1.82, 2.24) is 4.90 Å². The van der Waals surface area contributed by atoms with E-state index in [-0.39, 0.29) is 0 Å². The largest absolute Gasteiger partial charge is 0.295 e. The van der Waals surface area contributed by atoms with Gasteiger partial charge in [-0.05, 0) is 30.0 Å². The first-order chi connectivity index (χ1) is 16.2. The van der Waals surface area contributed by atoms with Gasteiger partial charge in [0.1, 0.15) is 0 Å². The van der Waals surface area contributed by atoms with Gasteiger partial charge in [0.2, 0.25) is 0 Å². The molecular weight excluding hydrogens is 398 g/mol. The SMILES string of the molecule is CC(C)CCCCCCCCCCCCCCCN(Cc1ccccc1)Cc1ccccc1. The summed E-state index contributed by atoms with van der Waals surface area (Å²) in [5.74, 6) is 0.882. The van der Waals surface area contributed by atoms with Crippen molar-refractivity contribution in [3.05, 3.63) is 71.8 Å². The second kappa shape index (κ2) is 18.8. The normalized spacial score (nSPS) is 11.5. The molecule has 0 spiro atoms. The third-order valence-corrected chi connectivity index (χ3v) is 6.75. The van der Waals surface area contributed by atoms with Crippen LogP contribution in [0.5, 0.6) is 0 Å². The zero-order valence-electron chi connectivity index (χ0n) is 21.8. The Labute approximate surface area is 206 Å². The standard InChI is InChI=1S/C32H51N/c1-30(2)22-16-12-10-8-6-4-3-5-7-9-11-13-21-27-33(28-31-23-17-14-18-24-31)29-32-25-19-15-20-26-32/h14-15,17-20,23-26,30H,3-13,16,21-22,27-29H2,1-2H3. The van der Waals surface area contributed by atoms with Crippen LogP contribution in [0.2, 0.25) is 0 Å². The average molecular weight is 450 g/mol. The molecule has 0 aliphatic rings. The summed E-state index contributed by atoms with van der Waals surface area (Å²) in [6.45, 7) is 7.97. The van der Waals surface area contributed by atoms with Crippen molar-refractivity contribution in [2.24, 2.45) is 5.92 Å². The number of hydrogen-bond donors (Lipinski definition) is 0. The molecule has 0 unspecified atom stereocenters. The predicted molar refractivity (Wildman–Crippen MR) is 146 cm³/mol. The lowest BCUT2D eigenvalue weighted by Crippen LogP contribution is -2.24. The molecular formula is C32H51N. The Morgan fingerprint density at radius 2 is 0.848 bits per heavy atom. The van der Waals surface area contributed by atoms with Crippen LogP contribution < -0.4 is 0 Å². The van der Waals surface area contributed by atoms with Crippen LogP contribution in [0.1, 0.15) is 115 Å². The van der Waals surface area contributed by atoms with Crippen molar-refractivity contribution in [2.45, 2.75) is 117 Å². The molecule has 2 rings (SSSR count). The molecule has 0 heterocycles. The monoisotopic (exact) mass is 449 g/mol. The lowest BCUT2D eigenvalue weighted by molar-refractivity contribution is 0.250. The summed E-state index contributed by atoms with van der Waals surface area (Å²) >= 11 is 0. The Kier molecular flexibility index (Phi) is 15.7. The molecule has 0 bridgehead atoms. The second-order valence-electron chi connectivity index (χ2n) is 10.5. The fourth-order valence-electron chi connectivity index (χ4n) is 4.73. The van der Waals surface area contributed by atoms with Gasteiger partial charge in [0.05, 0.1) is 0 Å². The predicted octanol–water partition coefficient (Wildman–Crippen LogP) is 9.81. The molecule has 0 aliphatic carbocycles. The highest BCUT2D eigenvalue weighted by molar-refractivity contribution is 5.17. The highest BCUT2D eigenvalue weighted by Crippen LogP contribution is 2.15. The molecule has 0 atom stereocenters. The summed E-state index contributed by atoms with van der Waals surface area (Å²) in [6, 6.07) is 21.9. The van der Waals surface area contributed by atoms with Crippen LogP contribution in [0.25, 0.3) is 0 Å². The van der Waals surface area contributed by atoms with E-state index < -0.39 is 0 Å². The van der Waals surface area contributed by atoms with Gasteiger partial charge in [-0.15, -0.1) is 0 Å². The Balaban J connectivity index is 1.48. The number of hydrogen-bond acceptors (Lipinski definition) is 1. The van der Waals surface area contributed by atoms with E-state index in [4.69, 9.17) is 0 Å². The van der Waals surface area contributed by atoms with Crippen LogP contribution in [-0.4, -0.2) is 11.4 Å². The van der Waals surface area contributed by atoms with Gasteiger partial charge in [-0.25, -0.2) is 0 Å². The lowest BCUT2D eigenvalue weighted by Gasteiger charge is -2.22. The second-order valence-corrected chi connectivity index (χ2v) is 10.5. The summed E-state index contributed by atoms with van der Waals surface area (Å²) in [6.07, 6.45) is 20.0. The molecule has 0 aromatic heterocycles. The van der Waals surface area contributed by atoms with Crippen molar-refractivity contribution in [3.8, 4) is 0 Å². The molecule has 0 radical (unpaired) electrons. The van der Waals surface area contributed by atoms with Crippen molar-refractivity contribution >= 4 is 0 Å². The van der Waals surface area contributed by atoms with Crippen molar-refractivity contribution in [1.29, 1.82) is 0 Å². The van der Waals surface area contributed by atoms with Crippen molar-refractivity contribution in [2.75, 3.05) is 6.54 Å². The maximum absolute atomic E-state index is 2.62. The van der Waals surface area contributed by atoms with Gasteiger partial charge in [-0.1, -0.05) is 158 Å². The fraction of sp³-hybridized carbons (Fsp3) is 0.625. The summed E-state index contributed by atoms with van der Waals surface area (Å²) < 4.78 is 0. The molecule has 0 amide bonds. The fourth-order valence-corrected chi connectivity index (χ4v) is 4.73. The van der Waals surface area contributed by atoms with Gasteiger partial charge >= 0.3 is 0 Å². The van der Waals surface area contributed by atoms with E-state index >= 15 is 0 Å². The zero-order chi connectivity index (χ0) is 23.4. The van der Waals surface area contributed by atoms with Gasteiger partial charge in [0.15, 0.2) is 0 Å². The maximum Gasteiger partial charge on any atom is 0.0237 e. The molecule has 0 saturated heterocycles. The zero-order valence-corrected chi connectivity index (χ0v) is 21.8. The first-order valence-electron chi connectivity index (χ1n) is 14.0. The van der Waals surface area contributed by atoms with E-state index in [0.717, 1.165) is 19.0 Å². The lowest BCUT2D eigenvalue weighted by atomic mass is 10.0. The molecule has 2 aromatic rings. The van der Waals surface area contributed by atoms with E-state index in [1.54, 1.807) is 0 Å². The maximum atomic E-state index is 2.62. The number of unbranched alkanes of at least 4 members (excludes halogenated alkanes) is 12. The first kappa shape index (κ1) is 27.6. The first-order valence-corrected chi connectivity index (χ1v) is 14.0. The molecule has 0 saturated carbocycles. The van der Waals surface area contributed by atoms with Gasteiger partial charge in [0, 0.05) is 13.1 Å². The molecule has 1 nitrogen and oxygen atoms in total. The summed E-state index contributed by atoms with van der Waals surface area (Å²) in [7, 11) is 0. The molecule has 184 valence electrons. The van der Waals surface area contributed by atoms with Gasteiger partial charge < -0.3 is 0 Å². The van der Waals surface area contributed by atoms with E-state index in [2.05, 4.69) is 79.4 Å². The Hall–Kier alpha value is -1.60. The number of benzene rings is 2. The average Bonchev–Trinajstić information content (AvgIpc) is 2.82. The number of rotatable bonds is 20. The topological polar surface area (TPSA) is 3.24 Å². The van der Waals surface area contributed by atoms with E-state index in [9.17, 15) is 0 Å². The van der Waals surface area contributed by atoms with E-state index in [0.29, 0.717) is 0 Å². The highest BCUT2D eigenvalue weighted by Gasteiger charge is 2.07. The molecule has 33 heavy (non-hydrogen) atoms. The molecule has 0 aliphatic heterocycles. The van der Waals surface area contributed by atoms with Crippen LogP contribution in [0.15, 0.2) is 60.7 Å². The van der Waals surface area contributed by atoms with Gasteiger partial charge in [0.25, 0.3) is 0 Å². The van der Waals surface area contributed by atoms with Crippen LogP contribution >= 0.6 is 0 Å². The van der Waals surface area contributed by atoms with Gasteiger partial charge in [-0.2, -0.15) is 0 Å². The molecule has 0 fully saturated rings. The Morgan fingerprint density at radius 1 is 0.485 bits per heavy atom. The smallest absolute Gasteiger partial charge is 0.0237 e. The minimum atomic E-state index is 0.882. The minimum Gasteiger partial charge on any atom is -0.295 e. The minimum absolute atomic E-state index is 0.882. The third kappa shape index (κ3) is 15.0.